The summed E-state index contributed by atoms with van der Waals surface area (Å²) in [5.74, 6) is -0.369. The van der Waals surface area contributed by atoms with E-state index in [1.54, 1.807) is 42.6 Å². The van der Waals surface area contributed by atoms with Crippen LogP contribution in [-0.2, 0) is 9.84 Å². The van der Waals surface area contributed by atoms with Crippen molar-refractivity contribution in [3.05, 3.63) is 60.3 Å². The Kier molecular flexibility index (Phi) is 5.21. The van der Waals surface area contributed by atoms with E-state index in [2.05, 4.69) is 20.5 Å². The number of hydrogen-bond acceptors (Lipinski definition) is 6. The zero-order chi connectivity index (χ0) is 20.4. The Bertz CT molecular complexity index is 1170. The molecular formula is C21H22N4O3S. The smallest absolute Gasteiger partial charge is 0.256 e. The largest absolute Gasteiger partial charge is 0.369 e. The van der Waals surface area contributed by atoms with Crippen LogP contribution in [-0.4, -0.2) is 51.7 Å². The predicted octanol–water partition coefficient (Wildman–Crippen LogP) is 2.30. The standard InChI is InChI=1S/C21H22N4O3S/c1-29(27,28)20-8-7-15(25-12-10-22-11-13-25)14-19(20)24-21(26)17-4-2-6-18-16(17)5-3-9-23-18/h2-9,14,22H,10-13H2,1H3,(H,24,26). The molecule has 4 rings (SSSR count). The lowest BCUT2D eigenvalue weighted by atomic mass is 10.1. The Morgan fingerprint density at radius 3 is 2.66 bits per heavy atom. The summed E-state index contributed by atoms with van der Waals surface area (Å²) in [5.41, 5.74) is 2.32. The third-order valence-electron chi connectivity index (χ3n) is 4.98. The molecule has 0 spiro atoms. The first-order valence-electron chi connectivity index (χ1n) is 9.38. The number of anilines is 2. The van der Waals surface area contributed by atoms with Crippen LogP contribution in [0.5, 0.6) is 0 Å². The van der Waals surface area contributed by atoms with E-state index < -0.39 is 9.84 Å². The summed E-state index contributed by atoms with van der Waals surface area (Å²) < 4.78 is 24.6. The van der Waals surface area contributed by atoms with Gasteiger partial charge in [0.1, 0.15) is 0 Å². The van der Waals surface area contributed by atoms with Crippen LogP contribution < -0.4 is 15.5 Å². The van der Waals surface area contributed by atoms with E-state index >= 15 is 0 Å². The van der Waals surface area contributed by atoms with Gasteiger partial charge in [-0.3, -0.25) is 9.78 Å². The molecule has 2 aromatic carbocycles. The number of hydrogen-bond donors (Lipinski definition) is 2. The number of rotatable bonds is 4. The molecule has 1 amide bonds. The van der Waals surface area contributed by atoms with Crippen LogP contribution in [0, 0.1) is 0 Å². The molecule has 7 nitrogen and oxygen atoms in total. The highest BCUT2D eigenvalue weighted by Crippen LogP contribution is 2.29. The summed E-state index contributed by atoms with van der Waals surface area (Å²) in [7, 11) is -3.51. The van der Waals surface area contributed by atoms with Gasteiger partial charge in [-0.15, -0.1) is 0 Å². The van der Waals surface area contributed by atoms with Gasteiger partial charge in [0.2, 0.25) is 0 Å². The Labute approximate surface area is 169 Å². The minimum Gasteiger partial charge on any atom is -0.369 e. The molecule has 1 aliphatic rings. The number of pyridine rings is 1. The minimum atomic E-state index is -3.51. The number of sulfone groups is 1. The molecule has 1 aliphatic heterocycles. The Morgan fingerprint density at radius 1 is 1.10 bits per heavy atom. The van der Waals surface area contributed by atoms with Crippen LogP contribution in [0.4, 0.5) is 11.4 Å². The summed E-state index contributed by atoms with van der Waals surface area (Å²) in [6, 6.07) is 14.0. The van der Waals surface area contributed by atoms with Gasteiger partial charge in [-0.2, -0.15) is 0 Å². The van der Waals surface area contributed by atoms with Gasteiger partial charge in [-0.05, 0) is 36.4 Å². The van der Waals surface area contributed by atoms with Gasteiger partial charge in [0, 0.05) is 55.3 Å². The van der Waals surface area contributed by atoms with Gasteiger partial charge in [0.15, 0.2) is 9.84 Å². The van der Waals surface area contributed by atoms with E-state index in [0.29, 0.717) is 16.5 Å². The Balaban J connectivity index is 1.73. The maximum atomic E-state index is 13.0. The Morgan fingerprint density at radius 2 is 1.90 bits per heavy atom. The van der Waals surface area contributed by atoms with Gasteiger partial charge in [0.25, 0.3) is 5.91 Å². The molecule has 150 valence electrons. The highest BCUT2D eigenvalue weighted by molar-refractivity contribution is 7.90. The molecule has 2 N–H and O–H groups in total. The van der Waals surface area contributed by atoms with E-state index in [9.17, 15) is 13.2 Å². The van der Waals surface area contributed by atoms with Crippen molar-refractivity contribution < 1.29 is 13.2 Å². The van der Waals surface area contributed by atoms with Gasteiger partial charge in [-0.25, -0.2) is 8.42 Å². The maximum absolute atomic E-state index is 13.0. The number of fused-ring (bicyclic) bond motifs is 1. The van der Waals surface area contributed by atoms with Crippen LogP contribution in [0.3, 0.4) is 0 Å². The molecule has 2 heterocycles. The average molecular weight is 410 g/mol. The first-order valence-corrected chi connectivity index (χ1v) is 11.3. The average Bonchev–Trinajstić information content (AvgIpc) is 2.73. The van der Waals surface area contributed by atoms with E-state index in [1.807, 2.05) is 12.1 Å². The van der Waals surface area contributed by atoms with Crippen molar-refractivity contribution >= 4 is 38.0 Å². The molecule has 1 fully saturated rings. The summed E-state index contributed by atoms with van der Waals surface area (Å²) in [6.07, 6.45) is 2.81. The van der Waals surface area contributed by atoms with Crippen LogP contribution in [0.2, 0.25) is 0 Å². The summed E-state index contributed by atoms with van der Waals surface area (Å²) in [6.45, 7) is 3.36. The second kappa shape index (κ2) is 7.81. The molecule has 29 heavy (non-hydrogen) atoms. The quantitative estimate of drug-likeness (QED) is 0.686. The molecule has 0 saturated carbocycles. The van der Waals surface area contributed by atoms with E-state index in [4.69, 9.17) is 0 Å². The number of benzene rings is 2. The van der Waals surface area contributed by atoms with Crippen molar-refractivity contribution in [2.75, 3.05) is 42.7 Å². The van der Waals surface area contributed by atoms with Crippen molar-refractivity contribution in [3.63, 3.8) is 0 Å². The molecule has 1 aromatic heterocycles. The second-order valence-corrected chi connectivity index (χ2v) is 9.00. The normalized spacial score (nSPS) is 14.7. The van der Waals surface area contributed by atoms with Crippen LogP contribution in [0.15, 0.2) is 59.6 Å². The fourth-order valence-corrected chi connectivity index (χ4v) is 4.37. The van der Waals surface area contributed by atoms with Crippen molar-refractivity contribution in [3.8, 4) is 0 Å². The highest BCUT2D eigenvalue weighted by Gasteiger charge is 2.20. The van der Waals surface area contributed by atoms with Gasteiger partial charge in [0.05, 0.1) is 16.1 Å². The van der Waals surface area contributed by atoms with Gasteiger partial charge >= 0.3 is 0 Å². The summed E-state index contributed by atoms with van der Waals surface area (Å²) >= 11 is 0. The van der Waals surface area contributed by atoms with E-state index in [1.165, 1.54) is 0 Å². The molecule has 0 atom stereocenters. The lowest BCUT2D eigenvalue weighted by Gasteiger charge is -2.30. The first kappa shape index (κ1) is 19.4. The van der Waals surface area contributed by atoms with Gasteiger partial charge in [-0.1, -0.05) is 12.1 Å². The maximum Gasteiger partial charge on any atom is 0.256 e. The minimum absolute atomic E-state index is 0.100. The van der Waals surface area contributed by atoms with Crippen LogP contribution in [0.1, 0.15) is 10.4 Å². The number of amides is 1. The fraction of sp³-hybridized carbons (Fsp3) is 0.238. The lowest BCUT2D eigenvalue weighted by Crippen LogP contribution is -2.43. The molecule has 3 aromatic rings. The van der Waals surface area contributed by atoms with Crippen molar-refractivity contribution in [2.45, 2.75) is 4.90 Å². The third kappa shape index (κ3) is 4.08. The number of aromatic nitrogens is 1. The number of piperazine rings is 1. The first-order chi connectivity index (χ1) is 13.9. The molecule has 0 radical (unpaired) electrons. The molecule has 0 bridgehead atoms. The molecule has 1 saturated heterocycles. The molecule has 0 unspecified atom stereocenters. The lowest BCUT2D eigenvalue weighted by molar-refractivity contribution is 0.102. The number of carbonyl (C=O) groups excluding carboxylic acids is 1. The third-order valence-corrected chi connectivity index (χ3v) is 6.14. The van der Waals surface area contributed by atoms with Crippen molar-refractivity contribution in [1.29, 1.82) is 0 Å². The molecule has 8 heteroatoms. The Hall–Kier alpha value is -2.97. The summed E-state index contributed by atoms with van der Waals surface area (Å²) in [5, 5.41) is 6.82. The fourth-order valence-electron chi connectivity index (χ4n) is 3.55. The van der Waals surface area contributed by atoms with Crippen LogP contribution >= 0.6 is 0 Å². The van der Waals surface area contributed by atoms with E-state index in [0.717, 1.165) is 38.1 Å². The zero-order valence-electron chi connectivity index (χ0n) is 16.1. The number of carbonyl (C=O) groups is 1. The van der Waals surface area contributed by atoms with E-state index in [-0.39, 0.29) is 16.5 Å². The van der Waals surface area contributed by atoms with Crippen molar-refractivity contribution in [2.24, 2.45) is 0 Å². The topological polar surface area (TPSA) is 91.4 Å². The number of nitrogens with one attached hydrogen (secondary N) is 2. The zero-order valence-corrected chi connectivity index (χ0v) is 16.9. The van der Waals surface area contributed by atoms with Gasteiger partial charge < -0.3 is 15.5 Å². The molecule has 0 aliphatic carbocycles. The highest BCUT2D eigenvalue weighted by atomic mass is 32.2. The second-order valence-electron chi connectivity index (χ2n) is 7.02. The monoisotopic (exact) mass is 410 g/mol. The molecular weight excluding hydrogens is 388 g/mol. The van der Waals surface area contributed by atoms with Crippen LogP contribution in [0.25, 0.3) is 10.9 Å². The SMILES string of the molecule is CS(=O)(=O)c1ccc(N2CCNCC2)cc1NC(=O)c1cccc2ncccc12. The predicted molar refractivity (Wildman–Crippen MR) is 114 cm³/mol. The summed E-state index contributed by atoms with van der Waals surface area (Å²) in [4.78, 5) is 19.6. The number of nitrogens with zero attached hydrogens (tertiary/aromatic N) is 2. The van der Waals surface area contributed by atoms with Crippen molar-refractivity contribution in [1.82, 2.24) is 10.3 Å².